The maximum absolute atomic E-state index is 12.5. The van der Waals surface area contributed by atoms with Gasteiger partial charge < -0.3 is 9.42 Å². The Balaban J connectivity index is 1.31. The van der Waals surface area contributed by atoms with Crippen LogP contribution in [0.1, 0.15) is 31.6 Å². The van der Waals surface area contributed by atoms with Crippen molar-refractivity contribution in [3.63, 3.8) is 0 Å². The number of aromatic nitrogens is 2. The van der Waals surface area contributed by atoms with Gasteiger partial charge in [0.15, 0.2) is 0 Å². The minimum atomic E-state index is 0.185. The second-order valence-corrected chi connectivity index (χ2v) is 8.02. The molecule has 3 heterocycles. The Labute approximate surface area is 161 Å². The molecule has 2 saturated heterocycles. The number of carbonyl (C=O) groups is 1. The van der Waals surface area contributed by atoms with Crippen LogP contribution < -0.4 is 0 Å². The van der Waals surface area contributed by atoms with Gasteiger partial charge in [-0.1, -0.05) is 33.2 Å². The van der Waals surface area contributed by atoms with Crippen LogP contribution in [0.15, 0.2) is 33.3 Å². The number of hydrogen-bond acceptors (Lipinski definition) is 5. The van der Waals surface area contributed by atoms with Gasteiger partial charge in [0.05, 0.1) is 6.54 Å². The molecule has 26 heavy (non-hydrogen) atoms. The topological polar surface area (TPSA) is 62.5 Å². The number of likely N-dealkylation sites (tertiary alicyclic amines) is 2. The van der Waals surface area contributed by atoms with Gasteiger partial charge in [0.2, 0.25) is 17.6 Å². The molecule has 6 nitrogen and oxygen atoms in total. The molecule has 0 aliphatic carbocycles. The molecule has 1 aromatic heterocycles. The lowest BCUT2D eigenvalue weighted by atomic mass is 9.95. The van der Waals surface area contributed by atoms with Gasteiger partial charge in [-0.05, 0) is 50.9 Å². The summed E-state index contributed by atoms with van der Waals surface area (Å²) in [6, 6.07) is 7.87. The van der Waals surface area contributed by atoms with E-state index in [1.165, 1.54) is 0 Å². The van der Waals surface area contributed by atoms with Crippen LogP contribution in [0.25, 0.3) is 11.4 Å². The van der Waals surface area contributed by atoms with Crippen molar-refractivity contribution in [1.29, 1.82) is 0 Å². The van der Waals surface area contributed by atoms with Crippen LogP contribution >= 0.6 is 15.9 Å². The summed E-state index contributed by atoms with van der Waals surface area (Å²) in [4.78, 5) is 21.4. The van der Waals surface area contributed by atoms with E-state index in [1.54, 1.807) is 0 Å². The first kappa shape index (κ1) is 17.7. The number of benzene rings is 1. The molecule has 0 unspecified atom stereocenters. The Morgan fingerprint density at radius 1 is 1.19 bits per heavy atom. The van der Waals surface area contributed by atoms with Crippen LogP contribution in [0, 0.1) is 5.92 Å². The highest BCUT2D eigenvalue weighted by molar-refractivity contribution is 9.10. The lowest BCUT2D eigenvalue weighted by Crippen LogP contribution is -2.41. The second-order valence-electron chi connectivity index (χ2n) is 7.10. The average molecular weight is 419 g/mol. The third-order valence-corrected chi connectivity index (χ3v) is 5.76. The number of piperidine rings is 1. The molecule has 4 rings (SSSR count). The Hall–Kier alpha value is -1.73. The minimum absolute atomic E-state index is 0.185. The first-order valence-corrected chi connectivity index (χ1v) is 10.1. The second kappa shape index (κ2) is 7.88. The molecule has 2 aliphatic heterocycles. The zero-order chi connectivity index (χ0) is 17.9. The predicted octanol–water partition coefficient (Wildman–Crippen LogP) is 3.33. The van der Waals surface area contributed by atoms with E-state index in [0.29, 0.717) is 24.2 Å². The molecule has 0 N–H and O–H groups in total. The monoisotopic (exact) mass is 418 g/mol. The summed E-state index contributed by atoms with van der Waals surface area (Å²) in [5, 5.41) is 4.09. The zero-order valence-corrected chi connectivity index (χ0v) is 16.3. The summed E-state index contributed by atoms with van der Waals surface area (Å²) in [5.74, 6) is 1.78. The third kappa shape index (κ3) is 3.99. The highest BCUT2D eigenvalue weighted by Gasteiger charge is 2.30. The van der Waals surface area contributed by atoms with E-state index in [2.05, 4.69) is 31.0 Å². The number of nitrogens with zero attached hydrogens (tertiary/aromatic N) is 4. The van der Waals surface area contributed by atoms with E-state index in [9.17, 15) is 4.79 Å². The van der Waals surface area contributed by atoms with E-state index >= 15 is 0 Å². The smallest absolute Gasteiger partial charge is 0.241 e. The van der Waals surface area contributed by atoms with Crippen molar-refractivity contribution >= 4 is 21.8 Å². The van der Waals surface area contributed by atoms with Crippen molar-refractivity contribution in [2.75, 3.05) is 26.2 Å². The summed E-state index contributed by atoms with van der Waals surface area (Å²) < 4.78 is 6.42. The molecule has 2 aromatic rings. The molecule has 0 bridgehead atoms. The molecule has 0 radical (unpaired) electrons. The van der Waals surface area contributed by atoms with Gasteiger partial charge in [0, 0.05) is 29.0 Å². The van der Waals surface area contributed by atoms with E-state index in [-0.39, 0.29) is 5.92 Å². The standard InChI is InChI=1S/C19H23BrN4O2/c20-16-5-3-4-15(12-16)18-21-17(26-22-18)13-23-10-6-14(7-11-23)19(25)24-8-1-2-9-24/h3-5,12,14H,1-2,6-11,13H2. The van der Waals surface area contributed by atoms with E-state index in [1.807, 2.05) is 29.2 Å². The Bertz CT molecular complexity index is 764. The van der Waals surface area contributed by atoms with Crippen LogP contribution in [-0.2, 0) is 11.3 Å². The van der Waals surface area contributed by atoms with Crippen molar-refractivity contribution in [2.45, 2.75) is 32.2 Å². The van der Waals surface area contributed by atoms with Crippen LogP contribution in [0.2, 0.25) is 0 Å². The molecular formula is C19H23BrN4O2. The number of amides is 1. The van der Waals surface area contributed by atoms with Gasteiger partial charge in [-0.15, -0.1) is 0 Å². The SMILES string of the molecule is O=C(C1CCN(Cc2nc(-c3cccc(Br)c3)no2)CC1)N1CCCC1. The maximum atomic E-state index is 12.5. The fourth-order valence-corrected chi connectivity index (χ4v) is 4.19. The van der Waals surface area contributed by atoms with Gasteiger partial charge in [-0.25, -0.2) is 0 Å². The first-order valence-electron chi connectivity index (χ1n) is 9.29. The molecule has 0 spiro atoms. The van der Waals surface area contributed by atoms with Crippen molar-refractivity contribution in [3.05, 3.63) is 34.6 Å². The summed E-state index contributed by atoms with van der Waals surface area (Å²) in [5.41, 5.74) is 0.935. The molecule has 2 fully saturated rings. The van der Waals surface area contributed by atoms with E-state index in [4.69, 9.17) is 4.52 Å². The number of halogens is 1. The van der Waals surface area contributed by atoms with Gasteiger partial charge in [0.25, 0.3) is 0 Å². The van der Waals surface area contributed by atoms with Gasteiger partial charge in [-0.2, -0.15) is 4.98 Å². The number of carbonyl (C=O) groups excluding carboxylic acids is 1. The normalized spacial score (nSPS) is 19.2. The summed E-state index contributed by atoms with van der Waals surface area (Å²) >= 11 is 3.46. The van der Waals surface area contributed by atoms with Crippen LogP contribution in [0.4, 0.5) is 0 Å². The fourth-order valence-electron chi connectivity index (χ4n) is 3.79. The molecule has 1 aromatic carbocycles. The lowest BCUT2D eigenvalue weighted by Gasteiger charge is -2.32. The van der Waals surface area contributed by atoms with Crippen molar-refractivity contribution in [1.82, 2.24) is 19.9 Å². The van der Waals surface area contributed by atoms with Crippen molar-refractivity contribution in [2.24, 2.45) is 5.92 Å². The van der Waals surface area contributed by atoms with E-state index in [0.717, 1.165) is 61.9 Å². The Morgan fingerprint density at radius 3 is 2.69 bits per heavy atom. The van der Waals surface area contributed by atoms with Crippen LogP contribution in [0.3, 0.4) is 0 Å². The summed E-state index contributed by atoms with van der Waals surface area (Å²) in [7, 11) is 0. The molecular weight excluding hydrogens is 396 g/mol. The Kier molecular flexibility index (Phi) is 5.36. The van der Waals surface area contributed by atoms with Gasteiger partial charge in [0.1, 0.15) is 0 Å². The molecule has 1 amide bonds. The van der Waals surface area contributed by atoms with E-state index < -0.39 is 0 Å². The molecule has 2 aliphatic rings. The number of rotatable bonds is 4. The van der Waals surface area contributed by atoms with Gasteiger partial charge in [-0.3, -0.25) is 9.69 Å². The zero-order valence-electron chi connectivity index (χ0n) is 14.7. The average Bonchev–Trinajstić information content (AvgIpc) is 3.34. The van der Waals surface area contributed by atoms with Crippen LogP contribution in [0.5, 0.6) is 0 Å². The maximum Gasteiger partial charge on any atom is 0.241 e. The highest BCUT2D eigenvalue weighted by atomic mass is 79.9. The summed E-state index contributed by atoms with van der Waals surface area (Å²) in [6.45, 7) is 4.34. The van der Waals surface area contributed by atoms with Gasteiger partial charge >= 0.3 is 0 Å². The Morgan fingerprint density at radius 2 is 1.96 bits per heavy atom. The highest BCUT2D eigenvalue weighted by Crippen LogP contribution is 2.24. The largest absolute Gasteiger partial charge is 0.342 e. The molecule has 0 atom stereocenters. The van der Waals surface area contributed by atoms with Crippen molar-refractivity contribution < 1.29 is 9.32 Å². The lowest BCUT2D eigenvalue weighted by molar-refractivity contribution is -0.136. The van der Waals surface area contributed by atoms with Crippen molar-refractivity contribution in [3.8, 4) is 11.4 Å². The molecule has 138 valence electrons. The predicted molar refractivity (Wildman–Crippen MR) is 101 cm³/mol. The molecule has 0 saturated carbocycles. The third-order valence-electron chi connectivity index (χ3n) is 5.26. The number of hydrogen-bond donors (Lipinski definition) is 0. The minimum Gasteiger partial charge on any atom is -0.342 e. The first-order chi connectivity index (χ1) is 12.7. The summed E-state index contributed by atoms with van der Waals surface area (Å²) in [6.07, 6.45) is 4.15. The van der Waals surface area contributed by atoms with Crippen LogP contribution in [-0.4, -0.2) is 52.0 Å². The quantitative estimate of drug-likeness (QED) is 0.761. The fraction of sp³-hybridized carbons (Fsp3) is 0.526. The molecule has 7 heteroatoms.